The van der Waals surface area contributed by atoms with Crippen LogP contribution in [0, 0.1) is 5.82 Å². The summed E-state index contributed by atoms with van der Waals surface area (Å²) in [6.45, 7) is 2.28. The van der Waals surface area contributed by atoms with Crippen molar-refractivity contribution >= 4 is 23.6 Å². The van der Waals surface area contributed by atoms with E-state index >= 15 is 0 Å². The summed E-state index contributed by atoms with van der Waals surface area (Å²) in [5.41, 5.74) is 2.02. The lowest BCUT2D eigenvalue weighted by Crippen LogP contribution is -2.79. The van der Waals surface area contributed by atoms with Crippen molar-refractivity contribution in [1.29, 1.82) is 0 Å². The van der Waals surface area contributed by atoms with Gasteiger partial charge in [-0.3, -0.25) is 9.59 Å². The maximum absolute atomic E-state index is 14.6. The molecular formula is C20H21FN3O2+. The smallest absolute Gasteiger partial charge is 0.300 e. The van der Waals surface area contributed by atoms with Crippen LogP contribution in [0.25, 0.3) is 5.57 Å². The molecule has 0 bridgehead atoms. The highest BCUT2D eigenvalue weighted by atomic mass is 19.1. The second kappa shape index (κ2) is 7.07. The number of benzene rings is 1. The topological polar surface area (TPSA) is 54.6 Å². The first-order valence-corrected chi connectivity index (χ1v) is 8.39. The van der Waals surface area contributed by atoms with Gasteiger partial charge in [0, 0.05) is 55.2 Å². The number of amides is 2. The third kappa shape index (κ3) is 3.10. The molecule has 0 saturated carbocycles. The average Bonchev–Trinajstić information content (AvgIpc) is 3.11. The zero-order chi connectivity index (χ0) is 18.8. The number of hydrogen-bond donors (Lipinski definition) is 1. The van der Waals surface area contributed by atoms with Gasteiger partial charge in [0.2, 0.25) is 0 Å². The molecule has 134 valence electrons. The Morgan fingerprint density at radius 3 is 2.85 bits per heavy atom. The fourth-order valence-corrected chi connectivity index (χ4v) is 3.04. The molecule has 26 heavy (non-hydrogen) atoms. The molecule has 1 aromatic carbocycles. The number of carbonyl (C=O) groups is 2. The molecule has 6 heteroatoms. The summed E-state index contributed by atoms with van der Waals surface area (Å²) in [7, 11) is 3.30. The Hall–Kier alpha value is -3.02. The number of rotatable bonds is 4. The molecule has 1 N–H and O–H groups in total. The number of fused-ring (bicyclic) bond motifs is 1. The monoisotopic (exact) mass is 354 g/mol. The van der Waals surface area contributed by atoms with E-state index in [1.54, 1.807) is 43.6 Å². The molecule has 1 atom stereocenters. The fraction of sp³-hybridized carbons (Fsp3) is 0.250. The van der Waals surface area contributed by atoms with Crippen LogP contribution >= 0.6 is 0 Å². The Morgan fingerprint density at radius 2 is 2.15 bits per heavy atom. The Morgan fingerprint density at radius 1 is 1.38 bits per heavy atom. The van der Waals surface area contributed by atoms with Crippen molar-refractivity contribution in [2.45, 2.75) is 13.0 Å². The first-order chi connectivity index (χ1) is 12.4. The number of hydrogen-bond acceptors (Lipinski definition) is 2. The van der Waals surface area contributed by atoms with Gasteiger partial charge in [-0.25, -0.2) is 9.38 Å². The van der Waals surface area contributed by atoms with E-state index in [1.165, 1.54) is 17.0 Å². The maximum Gasteiger partial charge on any atom is 0.300 e. The number of carbonyl (C=O) groups excluding carboxylic acids is 2. The molecule has 2 aliphatic heterocycles. The Bertz CT molecular complexity index is 881. The lowest BCUT2D eigenvalue weighted by atomic mass is 9.89. The minimum Gasteiger partial charge on any atom is -0.345 e. The molecule has 2 aliphatic rings. The van der Waals surface area contributed by atoms with Crippen LogP contribution in [-0.4, -0.2) is 54.5 Å². The van der Waals surface area contributed by atoms with Crippen molar-refractivity contribution in [3.8, 4) is 0 Å². The van der Waals surface area contributed by atoms with Gasteiger partial charge in [-0.15, -0.1) is 0 Å². The molecule has 1 aromatic rings. The van der Waals surface area contributed by atoms with Gasteiger partial charge in [0.15, 0.2) is 6.21 Å². The van der Waals surface area contributed by atoms with E-state index in [0.717, 1.165) is 0 Å². The van der Waals surface area contributed by atoms with E-state index in [-0.39, 0.29) is 11.8 Å². The van der Waals surface area contributed by atoms with Gasteiger partial charge >= 0.3 is 0 Å². The highest BCUT2D eigenvalue weighted by Gasteiger charge is 2.40. The van der Waals surface area contributed by atoms with Gasteiger partial charge in [0.25, 0.3) is 17.9 Å². The minimum atomic E-state index is -0.534. The van der Waals surface area contributed by atoms with E-state index in [9.17, 15) is 14.0 Å². The number of halogens is 1. The maximum atomic E-state index is 14.6. The molecule has 2 heterocycles. The van der Waals surface area contributed by atoms with Crippen molar-refractivity contribution in [2.24, 2.45) is 0 Å². The summed E-state index contributed by atoms with van der Waals surface area (Å²) in [6, 6.07) is 3.77. The first kappa shape index (κ1) is 17.8. The van der Waals surface area contributed by atoms with E-state index < -0.39 is 11.9 Å². The van der Waals surface area contributed by atoms with E-state index in [0.29, 0.717) is 28.8 Å². The van der Waals surface area contributed by atoms with Crippen molar-refractivity contribution in [1.82, 2.24) is 9.80 Å². The molecule has 5 nitrogen and oxygen atoms in total. The first-order valence-electron chi connectivity index (χ1n) is 8.39. The largest absolute Gasteiger partial charge is 0.345 e. The van der Waals surface area contributed by atoms with Gasteiger partial charge in [0.1, 0.15) is 5.82 Å². The van der Waals surface area contributed by atoms with Gasteiger partial charge in [0.05, 0.1) is 0 Å². The Balaban J connectivity index is 2.10. The molecule has 0 fully saturated rings. The summed E-state index contributed by atoms with van der Waals surface area (Å²) >= 11 is 0. The average molecular weight is 354 g/mol. The molecule has 0 saturated heterocycles. The molecule has 1 unspecified atom stereocenters. The predicted octanol–water partition coefficient (Wildman–Crippen LogP) is 0.747. The van der Waals surface area contributed by atoms with Crippen LogP contribution < -0.4 is 4.99 Å². The number of allylic oxidation sites excluding steroid dienone is 2. The highest BCUT2D eigenvalue weighted by Crippen LogP contribution is 2.32. The molecule has 0 aliphatic carbocycles. The highest BCUT2D eigenvalue weighted by molar-refractivity contribution is 6.02. The van der Waals surface area contributed by atoms with Crippen LogP contribution in [0.1, 0.15) is 22.8 Å². The lowest BCUT2D eigenvalue weighted by molar-refractivity contribution is -0.467. The van der Waals surface area contributed by atoms with Gasteiger partial charge < -0.3 is 9.80 Å². The zero-order valence-corrected chi connectivity index (χ0v) is 15.0. The standard InChI is InChI=1S/C20H20FN3O2/c1-4-5-10-24-12-16(14-8-9-22-18(14)20(24)26)15-11-13(6-7-17(15)21)19(25)23(2)3/h4-9,11-12,18H,10H2,1-3H3/p+1/b5-4+. The van der Waals surface area contributed by atoms with E-state index in [4.69, 9.17) is 0 Å². The van der Waals surface area contributed by atoms with E-state index in [1.807, 2.05) is 19.1 Å². The molecule has 0 spiro atoms. The zero-order valence-electron chi connectivity index (χ0n) is 15.0. The third-order valence-corrected chi connectivity index (χ3v) is 4.41. The summed E-state index contributed by atoms with van der Waals surface area (Å²) < 4.78 is 14.6. The molecule has 2 amide bonds. The minimum absolute atomic E-state index is 0.0900. The molecule has 0 radical (unpaired) electrons. The van der Waals surface area contributed by atoms with Crippen molar-refractivity contribution in [2.75, 3.05) is 20.6 Å². The van der Waals surface area contributed by atoms with Crippen LogP contribution in [-0.2, 0) is 4.79 Å². The molecular weight excluding hydrogens is 333 g/mol. The summed E-state index contributed by atoms with van der Waals surface area (Å²) in [4.78, 5) is 30.9. The second-order valence-electron chi connectivity index (χ2n) is 6.38. The van der Waals surface area contributed by atoms with E-state index in [2.05, 4.69) is 4.99 Å². The summed E-state index contributed by atoms with van der Waals surface area (Å²) in [6.07, 6.45) is 8.85. The summed E-state index contributed by atoms with van der Waals surface area (Å²) in [5, 5.41) is 0. The Labute approximate surface area is 151 Å². The van der Waals surface area contributed by atoms with Gasteiger partial charge in [-0.2, -0.15) is 0 Å². The number of nitrogens with zero attached hydrogens (tertiary/aromatic N) is 2. The predicted molar refractivity (Wildman–Crippen MR) is 97.8 cm³/mol. The quantitative estimate of drug-likeness (QED) is 0.812. The second-order valence-corrected chi connectivity index (χ2v) is 6.38. The number of nitrogens with one attached hydrogen (secondary N) is 1. The van der Waals surface area contributed by atoms with Crippen LogP contribution in [0.5, 0.6) is 0 Å². The van der Waals surface area contributed by atoms with Crippen molar-refractivity contribution in [3.63, 3.8) is 0 Å². The van der Waals surface area contributed by atoms with Crippen LogP contribution in [0.3, 0.4) is 0 Å². The van der Waals surface area contributed by atoms with Crippen LogP contribution in [0.15, 0.2) is 48.2 Å². The van der Waals surface area contributed by atoms with Gasteiger partial charge in [-0.05, 0) is 25.1 Å². The van der Waals surface area contributed by atoms with Crippen LogP contribution in [0.2, 0.25) is 0 Å². The normalized spacial score (nSPS) is 18.8. The van der Waals surface area contributed by atoms with Crippen molar-refractivity contribution in [3.05, 3.63) is 65.1 Å². The van der Waals surface area contributed by atoms with Crippen LogP contribution in [0.4, 0.5) is 4.39 Å². The van der Waals surface area contributed by atoms with Gasteiger partial charge in [-0.1, -0.05) is 12.2 Å². The lowest BCUT2D eigenvalue weighted by Gasteiger charge is -2.27. The molecule has 3 rings (SSSR count). The Kier molecular flexibility index (Phi) is 4.84. The third-order valence-electron chi connectivity index (χ3n) is 4.41. The summed E-state index contributed by atoms with van der Waals surface area (Å²) in [5.74, 6) is -0.725. The molecule has 0 aromatic heterocycles. The fourth-order valence-electron chi connectivity index (χ4n) is 3.04. The SMILES string of the molecule is C/C=C/CN1C=C(c2cc(C(=O)N(C)C)ccc2F)C2=CC=[NH+]C2C1=O. The van der Waals surface area contributed by atoms with Crippen molar-refractivity contribution < 1.29 is 19.0 Å².